The molecule has 13 heavy (non-hydrogen) atoms. The van der Waals surface area contributed by atoms with Crippen LogP contribution in [0, 0.1) is 5.92 Å². The van der Waals surface area contributed by atoms with Crippen LogP contribution in [0.1, 0.15) is 32.9 Å². The molecule has 74 valence electrons. The highest BCUT2D eigenvalue weighted by Crippen LogP contribution is 2.03. The lowest BCUT2D eigenvalue weighted by Gasteiger charge is -1.99. The van der Waals surface area contributed by atoms with Crippen molar-refractivity contribution in [2.75, 3.05) is 0 Å². The van der Waals surface area contributed by atoms with Gasteiger partial charge in [0.1, 0.15) is 0 Å². The van der Waals surface area contributed by atoms with Gasteiger partial charge in [-0.1, -0.05) is 20.8 Å². The van der Waals surface area contributed by atoms with Crippen molar-refractivity contribution in [2.24, 2.45) is 5.92 Å². The van der Waals surface area contributed by atoms with Crippen molar-refractivity contribution < 1.29 is 0 Å². The van der Waals surface area contributed by atoms with Gasteiger partial charge in [-0.15, -0.1) is 0 Å². The van der Waals surface area contributed by atoms with Crippen LogP contribution in [0.5, 0.6) is 0 Å². The van der Waals surface area contributed by atoms with Crippen LogP contribution in [0.4, 0.5) is 0 Å². The molecule has 1 N–H and O–H groups in total. The Labute approximate surface area is 78.8 Å². The fourth-order valence-corrected chi connectivity index (χ4v) is 1.44. The lowest BCUT2D eigenvalue weighted by Crippen LogP contribution is -2.15. The maximum atomic E-state index is 11.3. The summed E-state index contributed by atoms with van der Waals surface area (Å²) in [5.74, 6) is 0.591. The first-order valence-corrected chi connectivity index (χ1v) is 4.91. The van der Waals surface area contributed by atoms with E-state index in [2.05, 4.69) is 25.8 Å². The van der Waals surface area contributed by atoms with Crippen LogP contribution in [0.2, 0.25) is 0 Å². The Morgan fingerprint density at radius 2 is 2.23 bits per heavy atom. The summed E-state index contributed by atoms with van der Waals surface area (Å²) in [7, 11) is 0. The molecule has 0 saturated heterocycles. The number of nitrogens with zero attached hydrogens (tertiary/aromatic N) is 1. The molecule has 3 heteroatoms. The van der Waals surface area contributed by atoms with E-state index in [1.807, 2.05) is 6.20 Å². The third-order valence-electron chi connectivity index (χ3n) is 1.93. The molecule has 0 unspecified atom stereocenters. The highest BCUT2D eigenvalue weighted by atomic mass is 16.1. The minimum absolute atomic E-state index is 0.0255. The van der Waals surface area contributed by atoms with Crippen LogP contribution in [0.3, 0.4) is 0 Å². The van der Waals surface area contributed by atoms with E-state index in [0.717, 1.165) is 25.1 Å². The van der Waals surface area contributed by atoms with Crippen LogP contribution in [-0.2, 0) is 13.0 Å². The van der Waals surface area contributed by atoms with Crippen LogP contribution in [0.25, 0.3) is 0 Å². The standard InChI is InChI=1S/C10H18N2O/c1-4-5-12-7-9(6-8(2)3)11-10(12)13/h7-8H,4-6H2,1-3H3,(H,11,13). The topological polar surface area (TPSA) is 37.8 Å². The molecular formula is C10H18N2O. The Bertz CT molecular complexity index is 309. The van der Waals surface area contributed by atoms with E-state index < -0.39 is 0 Å². The van der Waals surface area contributed by atoms with Gasteiger partial charge in [-0.2, -0.15) is 0 Å². The first-order valence-electron chi connectivity index (χ1n) is 4.91. The van der Waals surface area contributed by atoms with Gasteiger partial charge in [0.05, 0.1) is 0 Å². The molecule has 0 aromatic carbocycles. The number of rotatable bonds is 4. The van der Waals surface area contributed by atoms with Gasteiger partial charge in [0.2, 0.25) is 0 Å². The molecule has 0 aliphatic carbocycles. The van der Waals surface area contributed by atoms with Gasteiger partial charge in [-0.3, -0.25) is 4.57 Å². The van der Waals surface area contributed by atoms with E-state index in [4.69, 9.17) is 0 Å². The van der Waals surface area contributed by atoms with E-state index in [9.17, 15) is 4.79 Å². The van der Waals surface area contributed by atoms with E-state index in [1.165, 1.54) is 0 Å². The van der Waals surface area contributed by atoms with Gasteiger partial charge in [0, 0.05) is 18.4 Å². The Morgan fingerprint density at radius 3 is 2.77 bits per heavy atom. The monoisotopic (exact) mass is 182 g/mol. The van der Waals surface area contributed by atoms with Crippen LogP contribution in [0.15, 0.2) is 11.0 Å². The molecule has 0 aliphatic rings. The Kier molecular flexibility index (Phi) is 3.34. The summed E-state index contributed by atoms with van der Waals surface area (Å²) in [5, 5.41) is 0. The highest BCUT2D eigenvalue weighted by Gasteiger charge is 2.03. The average Bonchev–Trinajstić information content (AvgIpc) is 2.31. The summed E-state index contributed by atoms with van der Waals surface area (Å²) in [6.45, 7) is 7.18. The fourth-order valence-electron chi connectivity index (χ4n) is 1.44. The molecule has 1 aromatic rings. The Hall–Kier alpha value is -0.990. The molecule has 3 nitrogen and oxygen atoms in total. The largest absolute Gasteiger partial charge is 0.325 e. The number of H-pyrrole nitrogens is 1. The van der Waals surface area contributed by atoms with E-state index in [0.29, 0.717) is 5.92 Å². The first-order chi connectivity index (χ1) is 6.13. The van der Waals surface area contributed by atoms with Crippen molar-refractivity contribution >= 4 is 0 Å². The predicted molar refractivity (Wildman–Crippen MR) is 53.9 cm³/mol. The number of hydrogen-bond donors (Lipinski definition) is 1. The Morgan fingerprint density at radius 1 is 1.54 bits per heavy atom. The van der Waals surface area contributed by atoms with Gasteiger partial charge < -0.3 is 4.98 Å². The van der Waals surface area contributed by atoms with Gasteiger partial charge in [0.25, 0.3) is 0 Å². The first kappa shape index (κ1) is 10.1. The molecule has 0 radical (unpaired) electrons. The number of aromatic nitrogens is 2. The summed E-state index contributed by atoms with van der Waals surface area (Å²) >= 11 is 0. The molecule has 0 aliphatic heterocycles. The number of hydrogen-bond acceptors (Lipinski definition) is 1. The summed E-state index contributed by atoms with van der Waals surface area (Å²) in [6.07, 6.45) is 3.89. The third kappa shape index (κ3) is 2.76. The Balaban J connectivity index is 2.76. The normalized spacial score (nSPS) is 11.1. The fraction of sp³-hybridized carbons (Fsp3) is 0.700. The molecule has 1 rings (SSSR count). The minimum atomic E-state index is 0.0255. The van der Waals surface area contributed by atoms with Crippen molar-refractivity contribution in [1.29, 1.82) is 0 Å². The van der Waals surface area contributed by atoms with Crippen molar-refractivity contribution in [3.8, 4) is 0 Å². The molecular weight excluding hydrogens is 164 g/mol. The maximum Gasteiger partial charge on any atom is 0.325 e. The molecule has 0 saturated carbocycles. The zero-order valence-corrected chi connectivity index (χ0v) is 8.63. The average molecular weight is 182 g/mol. The summed E-state index contributed by atoms with van der Waals surface area (Å²) in [4.78, 5) is 14.2. The number of imidazole rings is 1. The zero-order chi connectivity index (χ0) is 9.84. The molecule has 0 atom stereocenters. The third-order valence-corrected chi connectivity index (χ3v) is 1.93. The van der Waals surface area contributed by atoms with Gasteiger partial charge >= 0.3 is 5.69 Å². The lowest BCUT2D eigenvalue weighted by molar-refractivity contribution is 0.634. The van der Waals surface area contributed by atoms with E-state index >= 15 is 0 Å². The smallest absolute Gasteiger partial charge is 0.310 e. The predicted octanol–water partition coefficient (Wildman–Crippen LogP) is 1.78. The molecule has 0 fully saturated rings. The quantitative estimate of drug-likeness (QED) is 0.757. The summed E-state index contributed by atoms with van der Waals surface area (Å²) in [5.41, 5.74) is 1.07. The van der Waals surface area contributed by atoms with Crippen LogP contribution in [-0.4, -0.2) is 9.55 Å². The van der Waals surface area contributed by atoms with Gasteiger partial charge in [-0.05, 0) is 18.8 Å². The highest BCUT2D eigenvalue weighted by molar-refractivity contribution is 4.97. The van der Waals surface area contributed by atoms with Gasteiger partial charge in [-0.25, -0.2) is 4.79 Å². The lowest BCUT2D eigenvalue weighted by atomic mass is 10.1. The molecule has 0 spiro atoms. The van der Waals surface area contributed by atoms with E-state index in [-0.39, 0.29) is 5.69 Å². The van der Waals surface area contributed by atoms with Crippen molar-refractivity contribution in [1.82, 2.24) is 9.55 Å². The van der Waals surface area contributed by atoms with Gasteiger partial charge in [0.15, 0.2) is 0 Å². The second-order valence-electron chi connectivity index (χ2n) is 3.88. The summed E-state index contributed by atoms with van der Waals surface area (Å²) < 4.78 is 1.75. The number of aryl methyl sites for hydroxylation is 1. The maximum absolute atomic E-state index is 11.3. The number of aromatic amines is 1. The second-order valence-corrected chi connectivity index (χ2v) is 3.88. The van der Waals surface area contributed by atoms with Crippen LogP contribution < -0.4 is 5.69 Å². The van der Waals surface area contributed by atoms with Crippen LogP contribution >= 0.6 is 0 Å². The van der Waals surface area contributed by atoms with E-state index in [1.54, 1.807) is 4.57 Å². The number of nitrogens with one attached hydrogen (secondary N) is 1. The zero-order valence-electron chi connectivity index (χ0n) is 8.63. The van der Waals surface area contributed by atoms with Crippen molar-refractivity contribution in [3.63, 3.8) is 0 Å². The second kappa shape index (κ2) is 4.30. The molecule has 0 amide bonds. The minimum Gasteiger partial charge on any atom is -0.310 e. The molecule has 0 bridgehead atoms. The molecule has 1 aromatic heterocycles. The molecule has 1 heterocycles. The SMILES string of the molecule is CCCn1cc(CC(C)C)[nH]c1=O. The summed E-state index contributed by atoms with van der Waals surface area (Å²) in [6, 6.07) is 0. The van der Waals surface area contributed by atoms with Crippen molar-refractivity contribution in [2.45, 2.75) is 40.2 Å². The van der Waals surface area contributed by atoms with Crippen molar-refractivity contribution in [3.05, 3.63) is 22.4 Å².